The van der Waals surface area contributed by atoms with Crippen molar-refractivity contribution in [2.75, 3.05) is 6.54 Å². The summed E-state index contributed by atoms with van der Waals surface area (Å²) >= 11 is 0. The third-order valence-electron chi connectivity index (χ3n) is 3.82. The maximum Gasteiger partial charge on any atom is 0.269 e. The molecule has 0 aliphatic heterocycles. The van der Waals surface area contributed by atoms with E-state index in [-0.39, 0.29) is 11.3 Å². The fraction of sp³-hybridized carbons (Fsp3) is 0.588. The number of amides is 1. The monoisotopic (exact) mass is 317 g/mol. The van der Waals surface area contributed by atoms with E-state index in [4.69, 9.17) is 0 Å². The Kier molecular flexibility index (Phi) is 4.92. The summed E-state index contributed by atoms with van der Waals surface area (Å²) in [5.41, 5.74) is 3.63. The highest BCUT2D eigenvalue weighted by Crippen LogP contribution is 2.21. The number of carbonyl (C=O) groups is 1. The highest BCUT2D eigenvalue weighted by Gasteiger charge is 2.21. The lowest BCUT2D eigenvalue weighted by atomic mass is 9.92. The molecule has 2 aromatic heterocycles. The first-order chi connectivity index (χ1) is 10.7. The maximum absolute atomic E-state index is 12.3. The van der Waals surface area contributed by atoms with Crippen LogP contribution in [0.3, 0.4) is 0 Å². The molecule has 0 atom stereocenters. The average Bonchev–Trinajstić information content (AvgIpc) is 2.97. The second-order valence-electron chi connectivity index (χ2n) is 7.05. The van der Waals surface area contributed by atoms with Crippen molar-refractivity contribution in [1.29, 1.82) is 0 Å². The normalized spacial score (nSPS) is 11.7. The van der Waals surface area contributed by atoms with Crippen molar-refractivity contribution >= 4 is 5.91 Å². The van der Waals surface area contributed by atoms with E-state index in [1.807, 2.05) is 24.6 Å². The first kappa shape index (κ1) is 17.2. The van der Waals surface area contributed by atoms with E-state index in [2.05, 4.69) is 42.4 Å². The lowest BCUT2D eigenvalue weighted by Crippen LogP contribution is -2.27. The minimum absolute atomic E-state index is 0.0637. The minimum Gasteiger partial charge on any atom is -0.351 e. The molecule has 0 radical (unpaired) electrons. The molecule has 2 aromatic rings. The summed E-state index contributed by atoms with van der Waals surface area (Å²) in [5, 5.41) is 11.8. The van der Waals surface area contributed by atoms with Gasteiger partial charge in [0, 0.05) is 31.2 Å². The zero-order valence-corrected chi connectivity index (χ0v) is 15.0. The van der Waals surface area contributed by atoms with Crippen molar-refractivity contribution in [3.8, 4) is 0 Å². The van der Waals surface area contributed by atoms with Crippen LogP contribution in [0.25, 0.3) is 0 Å². The quantitative estimate of drug-likeness (QED) is 0.861. The molecule has 0 aliphatic rings. The zero-order valence-electron chi connectivity index (χ0n) is 15.0. The Labute approximate surface area is 137 Å². The molecule has 0 aromatic carbocycles. The number of aromatic nitrogens is 4. The molecule has 23 heavy (non-hydrogen) atoms. The SMILES string of the molecule is Cc1cc(C)n(CCCNC(=O)c2cc(C(C)(C)C)nn2C)n1. The number of carbonyl (C=O) groups excluding carboxylic acids is 1. The number of nitrogens with one attached hydrogen (secondary N) is 1. The molecular weight excluding hydrogens is 290 g/mol. The molecule has 0 spiro atoms. The van der Waals surface area contributed by atoms with Crippen molar-refractivity contribution in [2.45, 2.75) is 53.0 Å². The van der Waals surface area contributed by atoms with Crippen LogP contribution >= 0.6 is 0 Å². The Bertz CT molecular complexity index is 690. The first-order valence-corrected chi connectivity index (χ1v) is 8.02. The fourth-order valence-corrected chi connectivity index (χ4v) is 2.47. The van der Waals surface area contributed by atoms with E-state index in [0.717, 1.165) is 30.0 Å². The number of hydrogen-bond donors (Lipinski definition) is 1. The van der Waals surface area contributed by atoms with Crippen molar-refractivity contribution < 1.29 is 4.79 Å². The Balaban J connectivity index is 1.88. The summed E-state index contributed by atoms with van der Waals surface area (Å²) in [7, 11) is 1.81. The van der Waals surface area contributed by atoms with Crippen molar-refractivity contribution in [2.24, 2.45) is 7.05 Å². The first-order valence-electron chi connectivity index (χ1n) is 8.02. The van der Waals surface area contributed by atoms with Gasteiger partial charge >= 0.3 is 0 Å². The van der Waals surface area contributed by atoms with Crippen molar-refractivity contribution in [1.82, 2.24) is 24.9 Å². The minimum atomic E-state index is -0.0798. The number of nitrogens with zero attached hydrogens (tertiary/aromatic N) is 4. The van der Waals surface area contributed by atoms with Crippen LogP contribution in [0.5, 0.6) is 0 Å². The molecule has 1 N–H and O–H groups in total. The molecule has 0 fully saturated rings. The molecule has 0 aliphatic carbocycles. The van der Waals surface area contributed by atoms with Gasteiger partial charge in [0.15, 0.2) is 0 Å². The molecule has 0 saturated carbocycles. The average molecular weight is 317 g/mol. The van der Waals surface area contributed by atoms with Crippen LogP contribution < -0.4 is 5.32 Å². The summed E-state index contributed by atoms with van der Waals surface area (Å²) in [6, 6.07) is 3.93. The van der Waals surface area contributed by atoms with Crippen LogP contribution in [-0.2, 0) is 19.0 Å². The fourth-order valence-electron chi connectivity index (χ4n) is 2.47. The van der Waals surface area contributed by atoms with Crippen LogP contribution in [0, 0.1) is 13.8 Å². The lowest BCUT2D eigenvalue weighted by molar-refractivity contribution is 0.0943. The van der Waals surface area contributed by atoms with Gasteiger partial charge in [-0.05, 0) is 32.4 Å². The lowest BCUT2D eigenvalue weighted by Gasteiger charge is -2.13. The molecule has 0 bridgehead atoms. The maximum atomic E-state index is 12.3. The Morgan fingerprint density at radius 3 is 2.43 bits per heavy atom. The summed E-state index contributed by atoms with van der Waals surface area (Å²) < 4.78 is 3.63. The van der Waals surface area contributed by atoms with Crippen LogP contribution in [0.15, 0.2) is 12.1 Å². The second kappa shape index (κ2) is 6.56. The van der Waals surface area contributed by atoms with E-state index >= 15 is 0 Å². The number of aryl methyl sites for hydroxylation is 4. The molecule has 6 nitrogen and oxygen atoms in total. The smallest absolute Gasteiger partial charge is 0.269 e. The largest absolute Gasteiger partial charge is 0.351 e. The Morgan fingerprint density at radius 2 is 1.91 bits per heavy atom. The van der Waals surface area contributed by atoms with Crippen LogP contribution in [0.1, 0.15) is 54.8 Å². The van der Waals surface area contributed by atoms with Crippen LogP contribution in [0.2, 0.25) is 0 Å². The molecule has 126 valence electrons. The van der Waals surface area contributed by atoms with Gasteiger partial charge in [-0.3, -0.25) is 14.2 Å². The molecule has 2 heterocycles. The number of rotatable bonds is 5. The van der Waals surface area contributed by atoms with Gasteiger partial charge in [0.05, 0.1) is 11.4 Å². The van der Waals surface area contributed by atoms with Crippen LogP contribution in [0.4, 0.5) is 0 Å². The highest BCUT2D eigenvalue weighted by atomic mass is 16.2. The van der Waals surface area contributed by atoms with E-state index in [0.29, 0.717) is 12.2 Å². The van der Waals surface area contributed by atoms with E-state index in [9.17, 15) is 4.79 Å². The van der Waals surface area contributed by atoms with E-state index < -0.39 is 0 Å². The molecule has 6 heteroatoms. The van der Waals surface area contributed by atoms with E-state index in [1.54, 1.807) is 11.7 Å². The van der Waals surface area contributed by atoms with Gasteiger partial charge in [0.2, 0.25) is 0 Å². The van der Waals surface area contributed by atoms with Crippen LogP contribution in [-0.4, -0.2) is 32.0 Å². The Hall–Kier alpha value is -2.11. The van der Waals surface area contributed by atoms with Gasteiger partial charge in [-0.15, -0.1) is 0 Å². The third kappa shape index (κ3) is 4.21. The van der Waals surface area contributed by atoms with Crippen molar-refractivity contribution in [3.63, 3.8) is 0 Å². The Morgan fingerprint density at radius 1 is 1.22 bits per heavy atom. The third-order valence-corrected chi connectivity index (χ3v) is 3.82. The molecule has 0 saturated heterocycles. The summed E-state index contributed by atoms with van der Waals surface area (Å²) in [4.78, 5) is 12.3. The van der Waals surface area contributed by atoms with Crippen molar-refractivity contribution in [3.05, 3.63) is 34.9 Å². The van der Waals surface area contributed by atoms with Gasteiger partial charge in [-0.25, -0.2) is 0 Å². The standard InChI is InChI=1S/C17H27N5O/c1-12-10-13(2)22(19-12)9-7-8-18-16(23)14-11-15(17(3,4)5)20-21(14)6/h10-11H,7-9H2,1-6H3,(H,18,23). The highest BCUT2D eigenvalue weighted by molar-refractivity contribution is 5.92. The van der Waals surface area contributed by atoms with Gasteiger partial charge < -0.3 is 5.32 Å². The van der Waals surface area contributed by atoms with E-state index in [1.165, 1.54) is 0 Å². The van der Waals surface area contributed by atoms with Gasteiger partial charge in [-0.1, -0.05) is 20.8 Å². The molecule has 0 unspecified atom stereocenters. The molecular formula is C17H27N5O. The molecule has 2 rings (SSSR count). The van der Waals surface area contributed by atoms with Gasteiger partial charge in [0.1, 0.15) is 5.69 Å². The van der Waals surface area contributed by atoms with Gasteiger partial charge in [-0.2, -0.15) is 10.2 Å². The predicted octanol–water partition coefficient (Wildman–Crippen LogP) is 2.35. The van der Waals surface area contributed by atoms with Gasteiger partial charge in [0.25, 0.3) is 5.91 Å². The summed E-state index contributed by atoms with van der Waals surface area (Å²) in [6.45, 7) is 11.7. The summed E-state index contributed by atoms with van der Waals surface area (Å²) in [5.74, 6) is -0.0798. The number of hydrogen-bond acceptors (Lipinski definition) is 3. The second-order valence-corrected chi connectivity index (χ2v) is 7.05. The zero-order chi connectivity index (χ0) is 17.2. The topological polar surface area (TPSA) is 64.7 Å². The summed E-state index contributed by atoms with van der Waals surface area (Å²) in [6.07, 6.45) is 0.845. The predicted molar refractivity (Wildman–Crippen MR) is 90.6 cm³/mol. The molecule has 1 amide bonds.